The minimum Gasteiger partial charge on any atom is -0.453 e. The van der Waals surface area contributed by atoms with E-state index in [2.05, 4.69) is 0 Å². The van der Waals surface area contributed by atoms with Crippen molar-refractivity contribution in [1.29, 1.82) is 0 Å². The highest BCUT2D eigenvalue weighted by Crippen LogP contribution is 2.55. The molecule has 20 heavy (non-hydrogen) atoms. The fourth-order valence-corrected chi connectivity index (χ4v) is 3.81. The summed E-state index contributed by atoms with van der Waals surface area (Å²) in [6, 6.07) is 0. The summed E-state index contributed by atoms with van der Waals surface area (Å²) in [5.74, 6) is -0.944. The Labute approximate surface area is 116 Å². The van der Waals surface area contributed by atoms with Crippen molar-refractivity contribution in [2.24, 2.45) is 11.3 Å². The van der Waals surface area contributed by atoms with Gasteiger partial charge in [0.1, 0.15) is 17.1 Å². The Morgan fingerprint density at radius 1 is 1.45 bits per heavy atom. The molecule has 3 rings (SSSR count). The number of carbonyl (C=O) groups is 2. The van der Waals surface area contributed by atoms with Crippen LogP contribution in [0.2, 0.25) is 0 Å². The summed E-state index contributed by atoms with van der Waals surface area (Å²) in [5, 5.41) is 20.4. The Kier molecular flexibility index (Phi) is 2.72. The highest BCUT2D eigenvalue weighted by molar-refractivity contribution is 6.02. The number of ketones is 1. The maximum absolute atomic E-state index is 12.4. The predicted octanol–water partition coefficient (Wildman–Crippen LogP) is 0.507. The molecule has 0 bridgehead atoms. The quantitative estimate of drug-likeness (QED) is 0.683. The largest absolute Gasteiger partial charge is 0.453 e. The molecule has 1 saturated carbocycles. The molecular weight excluding hydrogens is 260 g/mol. The number of hydrogen-bond donors (Lipinski definition) is 2. The summed E-state index contributed by atoms with van der Waals surface area (Å²) >= 11 is 0. The molecule has 0 spiro atoms. The molecule has 1 fully saturated rings. The minimum atomic E-state index is -1.32. The lowest BCUT2D eigenvalue weighted by Crippen LogP contribution is -2.56. The van der Waals surface area contributed by atoms with Gasteiger partial charge in [-0.25, -0.2) is 4.79 Å². The maximum atomic E-state index is 12.4. The fraction of sp³-hybridized carbons (Fsp3) is 0.600. The predicted molar refractivity (Wildman–Crippen MR) is 69.6 cm³/mol. The Morgan fingerprint density at radius 3 is 2.80 bits per heavy atom. The fourth-order valence-electron chi connectivity index (χ4n) is 3.81. The molecule has 3 aliphatic rings. The van der Waals surface area contributed by atoms with Crippen molar-refractivity contribution < 1.29 is 24.5 Å². The van der Waals surface area contributed by atoms with Gasteiger partial charge in [-0.3, -0.25) is 4.79 Å². The van der Waals surface area contributed by atoms with Gasteiger partial charge < -0.3 is 14.9 Å². The molecule has 2 N–H and O–H groups in total. The highest BCUT2D eigenvalue weighted by Gasteiger charge is 2.65. The summed E-state index contributed by atoms with van der Waals surface area (Å²) in [7, 11) is 0. The van der Waals surface area contributed by atoms with Crippen LogP contribution in [0.15, 0.2) is 23.3 Å². The van der Waals surface area contributed by atoms with E-state index in [1.54, 1.807) is 6.92 Å². The lowest BCUT2D eigenvalue weighted by Gasteiger charge is -2.42. The molecule has 4 atom stereocenters. The zero-order chi connectivity index (χ0) is 14.7. The SMILES string of the molecule is CC1CCC2=C(CO)C(=O)OC2C2(C)C(=O)C=CC12O. The van der Waals surface area contributed by atoms with Gasteiger partial charge in [-0.15, -0.1) is 0 Å². The average Bonchev–Trinajstić information content (AvgIpc) is 2.84. The van der Waals surface area contributed by atoms with Crippen LogP contribution in [0.3, 0.4) is 0 Å². The third kappa shape index (κ3) is 1.34. The molecule has 0 aromatic rings. The van der Waals surface area contributed by atoms with Crippen LogP contribution in [0.5, 0.6) is 0 Å². The second-order valence-electron chi connectivity index (χ2n) is 6.11. The van der Waals surface area contributed by atoms with E-state index in [4.69, 9.17) is 4.74 Å². The zero-order valence-electron chi connectivity index (χ0n) is 11.5. The number of aliphatic hydroxyl groups excluding tert-OH is 1. The van der Waals surface area contributed by atoms with Crippen LogP contribution in [0, 0.1) is 11.3 Å². The van der Waals surface area contributed by atoms with E-state index in [9.17, 15) is 19.8 Å². The molecule has 5 nitrogen and oxygen atoms in total. The third-order valence-electron chi connectivity index (χ3n) is 5.29. The number of hydrogen-bond acceptors (Lipinski definition) is 5. The van der Waals surface area contributed by atoms with Crippen molar-refractivity contribution in [3.8, 4) is 0 Å². The number of aliphatic hydroxyl groups is 2. The van der Waals surface area contributed by atoms with Gasteiger partial charge in [-0.2, -0.15) is 0 Å². The molecular formula is C15H18O5. The van der Waals surface area contributed by atoms with Crippen LogP contribution in [-0.2, 0) is 14.3 Å². The topological polar surface area (TPSA) is 83.8 Å². The van der Waals surface area contributed by atoms with Gasteiger partial charge in [0.25, 0.3) is 0 Å². The number of rotatable bonds is 1. The number of carbonyl (C=O) groups excluding carboxylic acids is 2. The van der Waals surface area contributed by atoms with Gasteiger partial charge in [0.05, 0.1) is 12.2 Å². The Bertz CT molecular complexity index is 561. The molecule has 2 aliphatic carbocycles. The molecule has 108 valence electrons. The first-order chi connectivity index (χ1) is 9.36. The first-order valence-electron chi connectivity index (χ1n) is 6.86. The zero-order valence-corrected chi connectivity index (χ0v) is 11.5. The van der Waals surface area contributed by atoms with Crippen LogP contribution in [0.25, 0.3) is 0 Å². The monoisotopic (exact) mass is 278 g/mol. The van der Waals surface area contributed by atoms with Crippen molar-refractivity contribution in [2.75, 3.05) is 6.61 Å². The van der Waals surface area contributed by atoms with Crippen LogP contribution in [0.1, 0.15) is 26.7 Å². The van der Waals surface area contributed by atoms with E-state index < -0.39 is 29.7 Å². The molecule has 0 aromatic carbocycles. The Morgan fingerprint density at radius 2 is 2.15 bits per heavy atom. The standard InChI is InChI=1S/C15H18O5/c1-8-3-4-9-10(7-16)13(18)20-12(9)14(2)11(17)5-6-15(8,14)19/h5-6,8,12,16,19H,3-4,7H2,1-2H3. The summed E-state index contributed by atoms with van der Waals surface area (Å²) in [6.45, 7) is 3.15. The highest BCUT2D eigenvalue weighted by atomic mass is 16.6. The van der Waals surface area contributed by atoms with Crippen molar-refractivity contribution in [3.05, 3.63) is 23.3 Å². The number of allylic oxidation sites excluding steroid dienone is 1. The van der Waals surface area contributed by atoms with Gasteiger partial charge in [0.15, 0.2) is 5.78 Å². The summed E-state index contributed by atoms with van der Waals surface area (Å²) in [6.07, 6.45) is 3.31. The first kappa shape index (κ1) is 13.5. The van der Waals surface area contributed by atoms with E-state index in [0.717, 1.165) is 0 Å². The summed E-state index contributed by atoms with van der Waals surface area (Å²) in [4.78, 5) is 24.2. The van der Waals surface area contributed by atoms with E-state index in [-0.39, 0.29) is 17.3 Å². The van der Waals surface area contributed by atoms with Gasteiger partial charge in [0.2, 0.25) is 0 Å². The normalized spacial score (nSPS) is 43.4. The van der Waals surface area contributed by atoms with E-state index in [1.807, 2.05) is 6.92 Å². The van der Waals surface area contributed by atoms with Crippen LogP contribution in [0.4, 0.5) is 0 Å². The molecule has 1 aliphatic heterocycles. The van der Waals surface area contributed by atoms with Crippen molar-refractivity contribution in [1.82, 2.24) is 0 Å². The molecule has 0 amide bonds. The molecule has 5 heteroatoms. The van der Waals surface area contributed by atoms with Crippen LogP contribution >= 0.6 is 0 Å². The molecule has 4 unspecified atom stereocenters. The van der Waals surface area contributed by atoms with Crippen molar-refractivity contribution >= 4 is 11.8 Å². The first-order valence-corrected chi connectivity index (χ1v) is 6.86. The summed E-state index contributed by atoms with van der Waals surface area (Å²) in [5.41, 5.74) is -1.61. The molecule has 0 aromatic heterocycles. The van der Waals surface area contributed by atoms with Gasteiger partial charge in [-0.1, -0.05) is 6.92 Å². The second-order valence-corrected chi connectivity index (χ2v) is 6.11. The van der Waals surface area contributed by atoms with Crippen molar-refractivity contribution in [2.45, 2.75) is 38.4 Å². The van der Waals surface area contributed by atoms with Gasteiger partial charge in [0, 0.05) is 0 Å². The molecule has 0 radical (unpaired) electrons. The van der Waals surface area contributed by atoms with E-state index in [0.29, 0.717) is 18.4 Å². The van der Waals surface area contributed by atoms with E-state index in [1.165, 1.54) is 12.2 Å². The Hall–Kier alpha value is -1.46. The maximum Gasteiger partial charge on any atom is 0.337 e. The number of fused-ring (bicyclic) bond motifs is 3. The average molecular weight is 278 g/mol. The van der Waals surface area contributed by atoms with Gasteiger partial charge >= 0.3 is 5.97 Å². The smallest absolute Gasteiger partial charge is 0.337 e. The van der Waals surface area contributed by atoms with Crippen molar-refractivity contribution in [3.63, 3.8) is 0 Å². The van der Waals surface area contributed by atoms with E-state index >= 15 is 0 Å². The van der Waals surface area contributed by atoms with Crippen LogP contribution in [-0.4, -0.2) is 40.3 Å². The number of esters is 1. The lowest BCUT2D eigenvalue weighted by molar-refractivity contribution is -0.163. The molecule has 1 heterocycles. The lowest BCUT2D eigenvalue weighted by atomic mass is 9.65. The van der Waals surface area contributed by atoms with Gasteiger partial charge in [-0.05, 0) is 43.4 Å². The third-order valence-corrected chi connectivity index (χ3v) is 5.29. The summed E-state index contributed by atoms with van der Waals surface area (Å²) < 4.78 is 5.36. The number of ether oxygens (including phenoxy) is 1. The Balaban J connectivity index is 2.20. The second kappa shape index (κ2) is 4.02. The minimum absolute atomic E-state index is 0.132. The van der Waals surface area contributed by atoms with Crippen LogP contribution < -0.4 is 0 Å². The molecule has 0 saturated heterocycles.